The molecule has 0 atom stereocenters. The van der Waals surface area contributed by atoms with Crippen LogP contribution >= 0.6 is 11.3 Å². The number of carbonyl (C=O) groups excluding carboxylic acids is 1. The molecule has 25 heavy (non-hydrogen) atoms. The number of sulfone groups is 1. The van der Waals surface area contributed by atoms with E-state index < -0.39 is 9.84 Å². The summed E-state index contributed by atoms with van der Waals surface area (Å²) in [5.74, 6) is -0.226. The number of aryl methyl sites for hydroxylation is 1. The van der Waals surface area contributed by atoms with Gasteiger partial charge in [0.15, 0.2) is 9.84 Å². The number of rotatable bonds is 5. The molecule has 1 aromatic carbocycles. The summed E-state index contributed by atoms with van der Waals surface area (Å²) >= 11 is 1.81. The molecular formula is C18H22N2O3S2. The molecule has 0 radical (unpaired) electrons. The molecule has 0 saturated heterocycles. The molecule has 0 saturated carbocycles. The first-order valence-electron chi connectivity index (χ1n) is 8.21. The van der Waals surface area contributed by atoms with Crippen LogP contribution in [0.15, 0.2) is 34.5 Å². The van der Waals surface area contributed by atoms with E-state index in [1.165, 1.54) is 22.6 Å². The van der Waals surface area contributed by atoms with Crippen molar-refractivity contribution in [2.24, 2.45) is 0 Å². The fourth-order valence-corrected chi connectivity index (χ4v) is 4.53. The van der Waals surface area contributed by atoms with Crippen LogP contribution in [0, 0.1) is 6.92 Å². The van der Waals surface area contributed by atoms with Gasteiger partial charge in [-0.05, 0) is 48.1 Å². The van der Waals surface area contributed by atoms with Crippen molar-refractivity contribution in [3.8, 4) is 0 Å². The van der Waals surface area contributed by atoms with Crippen LogP contribution in [0.1, 0.15) is 26.4 Å². The van der Waals surface area contributed by atoms with Crippen molar-refractivity contribution < 1.29 is 13.2 Å². The number of hydrogen-bond donors (Lipinski definition) is 1. The fourth-order valence-electron chi connectivity index (χ4n) is 3.00. The molecule has 7 heteroatoms. The maximum atomic E-state index is 12.4. The van der Waals surface area contributed by atoms with Crippen LogP contribution in [0.5, 0.6) is 0 Å². The van der Waals surface area contributed by atoms with Crippen LogP contribution in [0.25, 0.3) is 0 Å². The van der Waals surface area contributed by atoms with Gasteiger partial charge in [-0.15, -0.1) is 11.3 Å². The summed E-state index contributed by atoms with van der Waals surface area (Å²) in [4.78, 5) is 16.4. The minimum atomic E-state index is -3.32. The van der Waals surface area contributed by atoms with Crippen LogP contribution in [-0.4, -0.2) is 45.1 Å². The minimum absolute atomic E-state index is 0.171. The van der Waals surface area contributed by atoms with Gasteiger partial charge in [-0.25, -0.2) is 8.42 Å². The van der Waals surface area contributed by atoms with Gasteiger partial charge in [-0.2, -0.15) is 0 Å². The second-order valence-corrected chi connectivity index (χ2v) is 9.42. The number of nitrogens with zero attached hydrogens (tertiary/aromatic N) is 1. The lowest BCUT2D eigenvalue weighted by Crippen LogP contribution is -2.37. The average Bonchev–Trinajstić information content (AvgIpc) is 3.01. The SMILES string of the molecule is Cc1ccc(S(C)(=O)=O)cc1C(=O)NCCN1CCc2sccc2C1. The molecule has 1 N–H and O–H groups in total. The van der Waals surface area contributed by atoms with Gasteiger partial charge in [0.05, 0.1) is 4.90 Å². The zero-order valence-electron chi connectivity index (χ0n) is 14.4. The number of hydrogen-bond acceptors (Lipinski definition) is 5. The molecule has 0 spiro atoms. The Balaban J connectivity index is 1.58. The van der Waals surface area contributed by atoms with Crippen molar-refractivity contribution in [3.63, 3.8) is 0 Å². The van der Waals surface area contributed by atoms with E-state index in [0.717, 1.165) is 37.9 Å². The average molecular weight is 379 g/mol. The van der Waals surface area contributed by atoms with E-state index in [4.69, 9.17) is 0 Å². The van der Waals surface area contributed by atoms with Crippen molar-refractivity contribution in [2.45, 2.75) is 24.8 Å². The molecule has 2 heterocycles. The standard InChI is InChI=1S/C18H22N2O3S2/c1-13-3-4-15(25(2,22)23)11-16(13)18(21)19-7-9-20-8-5-17-14(12-20)6-10-24-17/h3-4,6,10-11H,5,7-9,12H2,1-2H3,(H,19,21). The van der Waals surface area contributed by atoms with Gasteiger partial charge < -0.3 is 5.32 Å². The monoisotopic (exact) mass is 378 g/mol. The first-order chi connectivity index (χ1) is 11.8. The van der Waals surface area contributed by atoms with Crippen LogP contribution in [0.4, 0.5) is 0 Å². The number of benzene rings is 1. The van der Waals surface area contributed by atoms with Gasteiger partial charge in [0.25, 0.3) is 5.91 Å². The molecule has 134 valence electrons. The van der Waals surface area contributed by atoms with Crippen molar-refractivity contribution in [2.75, 3.05) is 25.9 Å². The van der Waals surface area contributed by atoms with E-state index in [1.54, 1.807) is 6.07 Å². The van der Waals surface area contributed by atoms with Gasteiger partial charge in [-0.3, -0.25) is 9.69 Å². The number of fused-ring (bicyclic) bond motifs is 1. The molecular weight excluding hydrogens is 356 g/mol. The normalized spacial score (nSPS) is 15.0. The largest absolute Gasteiger partial charge is 0.351 e. The van der Waals surface area contributed by atoms with Gasteiger partial charge in [0, 0.05) is 42.9 Å². The number of thiophene rings is 1. The van der Waals surface area contributed by atoms with Crippen molar-refractivity contribution in [1.82, 2.24) is 10.2 Å². The molecule has 2 aromatic rings. The number of amides is 1. The quantitative estimate of drug-likeness (QED) is 0.867. The summed E-state index contributed by atoms with van der Waals surface area (Å²) < 4.78 is 23.4. The molecule has 3 rings (SSSR count). The van der Waals surface area contributed by atoms with Crippen molar-refractivity contribution in [1.29, 1.82) is 0 Å². The second-order valence-electron chi connectivity index (χ2n) is 6.40. The van der Waals surface area contributed by atoms with Gasteiger partial charge >= 0.3 is 0 Å². The lowest BCUT2D eigenvalue weighted by Gasteiger charge is -2.26. The Kier molecular flexibility index (Phi) is 5.27. The summed E-state index contributed by atoms with van der Waals surface area (Å²) in [5, 5.41) is 5.04. The Hall–Kier alpha value is -1.70. The van der Waals surface area contributed by atoms with Crippen molar-refractivity contribution in [3.05, 3.63) is 51.2 Å². The topological polar surface area (TPSA) is 66.5 Å². The third kappa shape index (κ3) is 4.29. The fraction of sp³-hybridized carbons (Fsp3) is 0.389. The predicted octanol–water partition coefficient (Wildman–Crippen LogP) is 2.25. The minimum Gasteiger partial charge on any atom is -0.351 e. The molecule has 0 aliphatic carbocycles. The molecule has 0 unspecified atom stereocenters. The maximum absolute atomic E-state index is 12.4. The van der Waals surface area contributed by atoms with Gasteiger partial charge in [-0.1, -0.05) is 6.07 Å². The van der Waals surface area contributed by atoms with Crippen LogP contribution < -0.4 is 5.32 Å². The summed E-state index contributed by atoms with van der Waals surface area (Å²) in [6.07, 6.45) is 2.21. The molecule has 1 amide bonds. The Bertz CT molecular complexity index is 887. The zero-order chi connectivity index (χ0) is 18.0. The van der Waals surface area contributed by atoms with E-state index in [0.29, 0.717) is 12.1 Å². The van der Waals surface area contributed by atoms with Gasteiger partial charge in [0.1, 0.15) is 0 Å². The highest BCUT2D eigenvalue weighted by Gasteiger charge is 2.18. The Labute approximate surface area is 152 Å². The number of carbonyl (C=O) groups is 1. The number of nitrogens with one attached hydrogen (secondary N) is 1. The molecule has 5 nitrogen and oxygen atoms in total. The van der Waals surface area contributed by atoms with E-state index in [9.17, 15) is 13.2 Å². The van der Waals surface area contributed by atoms with Crippen LogP contribution in [-0.2, 0) is 22.8 Å². The summed E-state index contributed by atoms with van der Waals surface area (Å²) in [7, 11) is -3.32. The molecule has 0 bridgehead atoms. The summed E-state index contributed by atoms with van der Waals surface area (Å²) in [6, 6.07) is 6.84. The van der Waals surface area contributed by atoms with Crippen LogP contribution in [0.3, 0.4) is 0 Å². The van der Waals surface area contributed by atoms with E-state index in [2.05, 4.69) is 21.7 Å². The maximum Gasteiger partial charge on any atom is 0.251 e. The summed E-state index contributed by atoms with van der Waals surface area (Å²) in [5.41, 5.74) is 2.58. The predicted molar refractivity (Wildman–Crippen MR) is 99.9 cm³/mol. The van der Waals surface area contributed by atoms with E-state index >= 15 is 0 Å². The highest BCUT2D eigenvalue weighted by Crippen LogP contribution is 2.23. The van der Waals surface area contributed by atoms with Crippen LogP contribution in [0.2, 0.25) is 0 Å². The first-order valence-corrected chi connectivity index (χ1v) is 11.0. The van der Waals surface area contributed by atoms with E-state index in [-0.39, 0.29) is 10.8 Å². The Morgan fingerprint density at radius 1 is 1.32 bits per heavy atom. The lowest BCUT2D eigenvalue weighted by molar-refractivity contribution is 0.0946. The van der Waals surface area contributed by atoms with Gasteiger partial charge in [0.2, 0.25) is 0 Å². The molecule has 0 fully saturated rings. The zero-order valence-corrected chi connectivity index (χ0v) is 16.0. The lowest BCUT2D eigenvalue weighted by atomic mass is 10.1. The summed E-state index contributed by atoms with van der Waals surface area (Å²) in [6.45, 7) is 5.07. The highest BCUT2D eigenvalue weighted by atomic mass is 32.2. The molecule has 1 aromatic heterocycles. The third-order valence-corrected chi connectivity index (χ3v) is 6.62. The first kappa shape index (κ1) is 18.1. The smallest absolute Gasteiger partial charge is 0.251 e. The van der Waals surface area contributed by atoms with Crippen molar-refractivity contribution >= 4 is 27.1 Å². The molecule has 1 aliphatic rings. The highest BCUT2D eigenvalue weighted by molar-refractivity contribution is 7.90. The molecule has 1 aliphatic heterocycles. The third-order valence-electron chi connectivity index (χ3n) is 4.48. The second kappa shape index (κ2) is 7.27. The Morgan fingerprint density at radius 2 is 2.12 bits per heavy atom. The Morgan fingerprint density at radius 3 is 2.88 bits per heavy atom. The van der Waals surface area contributed by atoms with E-state index in [1.807, 2.05) is 18.3 Å².